The minimum absolute atomic E-state index is 0.00744. The zero-order valence-corrected chi connectivity index (χ0v) is 20.7. The van der Waals surface area contributed by atoms with Gasteiger partial charge in [0.25, 0.3) is 0 Å². The molecular formula is C26H33N3O5S. The summed E-state index contributed by atoms with van der Waals surface area (Å²) in [4.78, 5) is 40.2. The van der Waals surface area contributed by atoms with Crippen LogP contribution in [0.4, 0.5) is 0 Å². The molecule has 1 unspecified atom stereocenters. The van der Waals surface area contributed by atoms with E-state index in [4.69, 9.17) is 21.7 Å². The molecule has 1 atom stereocenters. The first-order chi connectivity index (χ1) is 16.9. The summed E-state index contributed by atoms with van der Waals surface area (Å²) in [6.07, 6.45) is 6.43. The van der Waals surface area contributed by atoms with Crippen LogP contribution >= 0.6 is 12.2 Å². The Balaban J connectivity index is 1.14. The quantitative estimate of drug-likeness (QED) is 0.338. The van der Waals surface area contributed by atoms with Crippen molar-refractivity contribution in [2.75, 3.05) is 26.3 Å². The topological polar surface area (TPSA) is 97.0 Å². The van der Waals surface area contributed by atoms with Gasteiger partial charge in [0.1, 0.15) is 25.0 Å². The molecule has 5 fully saturated rings. The van der Waals surface area contributed by atoms with E-state index in [1.165, 1.54) is 19.3 Å². The van der Waals surface area contributed by atoms with Gasteiger partial charge in [-0.2, -0.15) is 0 Å². The number of ether oxygens (including phenoxy) is 2. The molecule has 0 aromatic heterocycles. The Morgan fingerprint density at radius 3 is 2.37 bits per heavy atom. The molecule has 188 valence electrons. The highest BCUT2D eigenvalue weighted by Crippen LogP contribution is 2.60. The molecule has 1 aromatic rings. The third kappa shape index (κ3) is 5.29. The van der Waals surface area contributed by atoms with Crippen molar-refractivity contribution in [1.82, 2.24) is 15.5 Å². The lowest BCUT2D eigenvalue weighted by atomic mass is 9.49. The first-order valence-electron chi connectivity index (χ1n) is 12.6. The Hall–Kier alpha value is -2.68. The molecule has 1 heterocycles. The number of amides is 2. The van der Waals surface area contributed by atoms with Crippen molar-refractivity contribution in [3.8, 4) is 5.75 Å². The minimum Gasteiger partial charge on any atom is -0.490 e. The van der Waals surface area contributed by atoms with Crippen LogP contribution in [0.5, 0.6) is 5.75 Å². The summed E-state index contributed by atoms with van der Waals surface area (Å²) in [6, 6.07) is 8.46. The zero-order valence-electron chi connectivity index (χ0n) is 19.9. The van der Waals surface area contributed by atoms with E-state index in [0.717, 1.165) is 19.3 Å². The predicted octanol–water partition coefficient (Wildman–Crippen LogP) is 2.42. The van der Waals surface area contributed by atoms with Crippen LogP contribution in [-0.4, -0.2) is 60.1 Å². The first kappa shape index (κ1) is 24.0. The van der Waals surface area contributed by atoms with Gasteiger partial charge in [-0.25, -0.2) is 0 Å². The fraction of sp³-hybridized carbons (Fsp3) is 0.615. The monoisotopic (exact) mass is 499 g/mol. The number of rotatable bonds is 7. The molecule has 1 aliphatic heterocycles. The van der Waals surface area contributed by atoms with Crippen LogP contribution in [0.15, 0.2) is 30.3 Å². The van der Waals surface area contributed by atoms with Gasteiger partial charge in [0.15, 0.2) is 5.11 Å². The molecule has 1 saturated heterocycles. The number of carbonyl (C=O) groups is 3. The summed E-state index contributed by atoms with van der Waals surface area (Å²) >= 11 is 5.59. The van der Waals surface area contributed by atoms with Crippen LogP contribution in [-0.2, 0) is 19.1 Å². The largest absolute Gasteiger partial charge is 0.490 e. The van der Waals surface area contributed by atoms with Crippen molar-refractivity contribution in [1.29, 1.82) is 0 Å². The summed E-state index contributed by atoms with van der Waals surface area (Å²) in [7, 11) is 0. The average Bonchev–Trinajstić information content (AvgIpc) is 2.83. The number of carbonyl (C=O) groups excluding carboxylic acids is 3. The normalized spacial score (nSPS) is 31.0. The molecule has 5 aliphatic rings. The number of para-hydroxylation sites is 1. The van der Waals surface area contributed by atoms with Gasteiger partial charge in [-0.1, -0.05) is 18.2 Å². The van der Waals surface area contributed by atoms with Crippen LogP contribution in [0, 0.1) is 23.2 Å². The van der Waals surface area contributed by atoms with E-state index in [1.54, 1.807) is 4.90 Å². The number of piperazine rings is 1. The summed E-state index contributed by atoms with van der Waals surface area (Å²) in [5.74, 6) is 1.83. The minimum atomic E-state index is -0.810. The maximum absolute atomic E-state index is 13.4. The van der Waals surface area contributed by atoms with E-state index in [2.05, 4.69) is 10.6 Å². The van der Waals surface area contributed by atoms with E-state index in [0.29, 0.717) is 36.6 Å². The van der Waals surface area contributed by atoms with E-state index in [-0.39, 0.29) is 42.0 Å². The van der Waals surface area contributed by atoms with Crippen LogP contribution < -0.4 is 15.4 Å². The second-order valence-electron chi connectivity index (χ2n) is 10.5. The van der Waals surface area contributed by atoms with Gasteiger partial charge in [-0.3, -0.25) is 14.4 Å². The van der Waals surface area contributed by atoms with Gasteiger partial charge < -0.3 is 25.0 Å². The van der Waals surface area contributed by atoms with Gasteiger partial charge in [0.2, 0.25) is 11.8 Å². The molecule has 0 radical (unpaired) electrons. The number of hydrogen-bond acceptors (Lipinski definition) is 6. The van der Waals surface area contributed by atoms with Crippen LogP contribution in [0.1, 0.15) is 44.9 Å². The van der Waals surface area contributed by atoms with Crippen molar-refractivity contribution >= 4 is 35.1 Å². The number of nitrogens with zero attached hydrogens (tertiary/aromatic N) is 1. The van der Waals surface area contributed by atoms with E-state index < -0.39 is 12.0 Å². The van der Waals surface area contributed by atoms with Crippen molar-refractivity contribution in [3.05, 3.63) is 30.3 Å². The van der Waals surface area contributed by atoms with E-state index >= 15 is 0 Å². The molecule has 1 aromatic carbocycles. The van der Waals surface area contributed by atoms with Gasteiger partial charge in [-0.15, -0.1) is 0 Å². The predicted molar refractivity (Wildman–Crippen MR) is 132 cm³/mol. The molecule has 2 N–H and O–H groups in total. The van der Waals surface area contributed by atoms with Crippen molar-refractivity contribution in [2.24, 2.45) is 23.2 Å². The molecular weight excluding hydrogens is 466 g/mol. The summed E-state index contributed by atoms with van der Waals surface area (Å²) < 4.78 is 10.8. The summed E-state index contributed by atoms with van der Waals surface area (Å²) in [5, 5.41) is 5.98. The molecule has 6 rings (SSSR count). The fourth-order valence-electron chi connectivity index (χ4n) is 6.90. The molecule has 4 saturated carbocycles. The molecule has 9 heteroatoms. The molecule has 0 spiro atoms. The highest BCUT2D eigenvalue weighted by Gasteiger charge is 2.55. The number of nitrogens with one attached hydrogen (secondary N) is 2. The standard InChI is InChI=1S/C26H33N3O5S/c30-22(34-9-8-33-20-4-2-1-3-5-20)13-21-23(31)27-6-7-29(21)25(35)28-24(32)26-14-17-10-18(15-26)12-19(11-17)16-26/h1-5,17-19,21H,6-16H2,(H,27,31)(H,28,32,35). The number of benzene rings is 1. The third-order valence-electron chi connectivity index (χ3n) is 8.05. The Morgan fingerprint density at radius 1 is 1.06 bits per heavy atom. The Morgan fingerprint density at radius 2 is 1.71 bits per heavy atom. The Bertz CT molecular complexity index is 949. The lowest BCUT2D eigenvalue weighted by Gasteiger charge is -2.55. The van der Waals surface area contributed by atoms with Gasteiger partial charge in [-0.05, 0) is 80.6 Å². The van der Waals surface area contributed by atoms with Gasteiger partial charge >= 0.3 is 5.97 Å². The maximum Gasteiger partial charge on any atom is 0.308 e. The van der Waals surface area contributed by atoms with Crippen LogP contribution in [0.2, 0.25) is 0 Å². The summed E-state index contributed by atoms with van der Waals surface area (Å²) in [6.45, 7) is 1.13. The maximum atomic E-state index is 13.4. The average molecular weight is 500 g/mol. The number of thiocarbonyl (C=S) groups is 1. The van der Waals surface area contributed by atoms with E-state index in [9.17, 15) is 14.4 Å². The van der Waals surface area contributed by atoms with E-state index in [1.807, 2.05) is 30.3 Å². The number of esters is 1. The second kappa shape index (κ2) is 10.1. The number of hydrogen-bond donors (Lipinski definition) is 2. The van der Waals surface area contributed by atoms with Crippen LogP contribution in [0.25, 0.3) is 0 Å². The second-order valence-corrected chi connectivity index (χ2v) is 10.9. The molecule has 8 nitrogen and oxygen atoms in total. The van der Waals surface area contributed by atoms with Gasteiger partial charge in [0.05, 0.1) is 11.8 Å². The fourth-order valence-corrected chi connectivity index (χ4v) is 7.21. The van der Waals surface area contributed by atoms with Crippen LogP contribution in [0.3, 0.4) is 0 Å². The zero-order chi connectivity index (χ0) is 24.4. The smallest absolute Gasteiger partial charge is 0.308 e. The highest BCUT2D eigenvalue weighted by atomic mass is 32.1. The first-order valence-corrected chi connectivity index (χ1v) is 13.1. The molecule has 2 amide bonds. The third-order valence-corrected chi connectivity index (χ3v) is 8.39. The molecule has 35 heavy (non-hydrogen) atoms. The Kier molecular flexibility index (Phi) is 6.95. The van der Waals surface area contributed by atoms with Crippen molar-refractivity contribution < 1.29 is 23.9 Å². The lowest BCUT2D eigenvalue weighted by molar-refractivity contribution is -0.148. The summed E-state index contributed by atoms with van der Waals surface area (Å²) in [5.41, 5.74) is -0.329. The lowest BCUT2D eigenvalue weighted by Crippen LogP contribution is -2.62. The van der Waals surface area contributed by atoms with Crippen molar-refractivity contribution in [2.45, 2.75) is 51.0 Å². The molecule has 4 aliphatic carbocycles. The SMILES string of the molecule is O=C(CC1C(=O)NCCN1C(=S)NC(=O)C12CC3CC(CC(C3)C1)C2)OCCOc1ccccc1. The van der Waals surface area contributed by atoms with Crippen molar-refractivity contribution in [3.63, 3.8) is 0 Å². The molecule has 4 bridgehead atoms. The highest BCUT2D eigenvalue weighted by molar-refractivity contribution is 7.80. The van der Waals surface area contributed by atoms with Gasteiger partial charge in [0, 0.05) is 13.1 Å². The Labute approximate surface area is 211 Å².